The molecule has 1 aromatic carbocycles. The van der Waals surface area contributed by atoms with Crippen molar-refractivity contribution in [2.24, 2.45) is 0 Å². The Labute approximate surface area is 126 Å². The third-order valence-electron chi connectivity index (χ3n) is 4.13. The first-order valence-corrected chi connectivity index (χ1v) is 7.76. The fourth-order valence-electron chi connectivity index (χ4n) is 2.92. The van der Waals surface area contributed by atoms with Gasteiger partial charge in [0.05, 0.1) is 6.04 Å². The number of hydrogen-bond donors (Lipinski definition) is 2. The van der Waals surface area contributed by atoms with Crippen LogP contribution in [0.25, 0.3) is 0 Å². The van der Waals surface area contributed by atoms with Crippen LogP contribution >= 0.6 is 15.9 Å². The number of nitrogens with one attached hydrogen (secondary N) is 2. The molecule has 0 radical (unpaired) electrons. The lowest BCUT2D eigenvalue weighted by Crippen LogP contribution is -2.55. The molecule has 1 saturated heterocycles. The summed E-state index contributed by atoms with van der Waals surface area (Å²) in [6, 6.07) is 8.57. The fourth-order valence-corrected chi connectivity index (χ4v) is 3.34. The minimum absolute atomic E-state index is 0.159. The van der Waals surface area contributed by atoms with Gasteiger partial charge in [0.1, 0.15) is 0 Å². The number of amides is 2. The van der Waals surface area contributed by atoms with E-state index in [0.717, 1.165) is 17.3 Å². The number of carbonyl (C=O) groups is 2. The molecule has 1 atom stereocenters. The molecule has 1 aromatic rings. The van der Waals surface area contributed by atoms with Crippen molar-refractivity contribution in [2.45, 2.75) is 43.7 Å². The smallest absolute Gasteiger partial charge is 0.243 e. The number of benzene rings is 1. The summed E-state index contributed by atoms with van der Waals surface area (Å²) in [7, 11) is 0. The summed E-state index contributed by atoms with van der Waals surface area (Å²) in [6.07, 6.45) is 3.15. The number of carbonyl (C=O) groups excluding carboxylic acids is 2. The molecule has 0 spiro atoms. The molecule has 20 heavy (non-hydrogen) atoms. The molecule has 106 valence electrons. The van der Waals surface area contributed by atoms with Gasteiger partial charge in [-0.15, -0.1) is 0 Å². The van der Waals surface area contributed by atoms with Gasteiger partial charge in [0, 0.05) is 16.9 Å². The topological polar surface area (TPSA) is 58.2 Å². The SMILES string of the molecule is O=C1CCC(NC2CC(c3cccc(Br)c3)C2)C(=O)N1. The van der Waals surface area contributed by atoms with Crippen LogP contribution in [0, 0.1) is 0 Å². The third-order valence-corrected chi connectivity index (χ3v) is 4.63. The molecule has 5 heteroatoms. The van der Waals surface area contributed by atoms with Crippen LogP contribution in [0.1, 0.15) is 37.2 Å². The lowest BCUT2D eigenvalue weighted by molar-refractivity contribution is -0.135. The first-order valence-electron chi connectivity index (χ1n) is 6.97. The van der Waals surface area contributed by atoms with Crippen molar-refractivity contribution in [3.63, 3.8) is 0 Å². The van der Waals surface area contributed by atoms with Crippen molar-refractivity contribution >= 4 is 27.7 Å². The molecule has 1 heterocycles. The predicted octanol–water partition coefficient (Wildman–Crippen LogP) is 2.09. The molecule has 2 fully saturated rings. The Balaban J connectivity index is 1.51. The predicted molar refractivity (Wildman–Crippen MR) is 79.2 cm³/mol. The van der Waals surface area contributed by atoms with Gasteiger partial charge in [-0.25, -0.2) is 0 Å². The van der Waals surface area contributed by atoms with E-state index in [1.165, 1.54) is 5.56 Å². The average molecular weight is 337 g/mol. The van der Waals surface area contributed by atoms with Gasteiger partial charge >= 0.3 is 0 Å². The summed E-state index contributed by atoms with van der Waals surface area (Å²) in [5.74, 6) is 0.235. The summed E-state index contributed by atoms with van der Waals surface area (Å²) in [6.45, 7) is 0. The summed E-state index contributed by atoms with van der Waals surface area (Å²) >= 11 is 3.49. The van der Waals surface area contributed by atoms with Crippen molar-refractivity contribution in [3.8, 4) is 0 Å². The van der Waals surface area contributed by atoms with Gasteiger partial charge in [0.2, 0.25) is 11.8 Å². The van der Waals surface area contributed by atoms with E-state index in [1.54, 1.807) is 0 Å². The quantitative estimate of drug-likeness (QED) is 0.831. The van der Waals surface area contributed by atoms with Crippen LogP contribution in [-0.2, 0) is 9.59 Å². The van der Waals surface area contributed by atoms with Crippen molar-refractivity contribution in [2.75, 3.05) is 0 Å². The second-order valence-corrected chi connectivity index (χ2v) is 6.51. The normalized spacial score (nSPS) is 29.8. The van der Waals surface area contributed by atoms with E-state index in [9.17, 15) is 9.59 Å². The highest BCUT2D eigenvalue weighted by atomic mass is 79.9. The van der Waals surface area contributed by atoms with Crippen molar-refractivity contribution in [1.82, 2.24) is 10.6 Å². The van der Waals surface area contributed by atoms with E-state index >= 15 is 0 Å². The van der Waals surface area contributed by atoms with E-state index in [4.69, 9.17) is 0 Å². The van der Waals surface area contributed by atoms with Crippen LogP contribution in [0.5, 0.6) is 0 Å². The first-order chi connectivity index (χ1) is 9.61. The van der Waals surface area contributed by atoms with E-state index in [-0.39, 0.29) is 17.9 Å². The van der Waals surface area contributed by atoms with Gasteiger partial charge in [0.25, 0.3) is 0 Å². The maximum atomic E-state index is 11.7. The van der Waals surface area contributed by atoms with E-state index < -0.39 is 0 Å². The highest BCUT2D eigenvalue weighted by Gasteiger charge is 2.35. The number of rotatable bonds is 3. The summed E-state index contributed by atoms with van der Waals surface area (Å²) in [5, 5.41) is 5.75. The Morgan fingerprint density at radius 3 is 2.75 bits per heavy atom. The summed E-state index contributed by atoms with van der Waals surface area (Å²) in [4.78, 5) is 22.8. The Morgan fingerprint density at radius 2 is 2.05 bits per heavy atom. The highest BCUT2D eigenvalue weighted by Crippen LogP contribution is 2.38. The maximum absolute atomic E-state index is 11.7. The third kappa shape index (κ3) is 2.94. The van der Waals surface area contributed by atoms with E-state index in [0.29, 0.717) is 24.8 Å². The second-order valence-electron chi connectivity index (χ2n) is 5.59. The molecular formula is C15H17BrN2O2. The maximum Gasteiger partial charge on any atom is 0.243 e. The molecule has 1 aliphatic carbocycles. The largest absolute Gasteiger partial charge is 0.303 e. The molecule has 1 aliphatic heterocycles. The van der Waals surface area contributed by atoms with Crippen LogP contribution in [0.3, 0.4) is 0 Å². The Hall–Kier alpha value is -1.20. The van der Waals surface area contributed by atoms with Gasteiger partial charge in [-0.05, 0) is 42.9 Å². The van der Waals surface area contributed by atoms with Crippen LogP contribution in [0.4, 0.5) is 0 Å². The van der Waals surface area contributed by atoms with Crippen LogP contribution in [0.2, 0.25) is 0 Å². The number of halogens is 1. The number of hydrogen-bond acceptors (Lipinski definition) is 3. The molecule has 0 bridgehead atoms. The van der Waals surface area contributed by atoms with Crippen LogP contribution < -0.4 is 10.6 Å². The molecule has 2 aliphatic rings. The molecule has 2 amide bonds. The Bertz CT molecular complexity index is 540. The molecule has 2 N–H and O–H groups in total. The van der Waals surface area contributed by atoms with Gasteiger partial charge in [0.15, 0.2) is 0 Å². The lowest BCUT2D eigenvalue weighted by Gasteiger charge is -2.39. The highest BCUT2D eigenvalue weighted by molar-refractivity contribution is 9.10. The minimum atomic E-state index is -0.207. The molecule has 4 nitrogen and oxygen atoms in total. The zero-order valence-corrected chi connectivity index (χ0v) is 12.7. The lowest BCUT2D eigenvalue weighted by atomic mass is 9.75. The van der Waals surface area contributed by atoms with Crippen LogP contribution in [-0.4, -0.2) is 23.9 Å². The molecule has 0 aromatic heterocycles. The standard InChI is InChI=1S/C15H17BrN2O2/c16-11-3-1-2-9(6-11)10-7-12(8-10)17-13-4-5-14(19)18-15(13)20/h1-3,6,10,12-13,17H,4-5,7-8H2,(H,18,19,20). The summed E-state index contributed by atoms with van der Waals surface area (Å²) < 4.78 is 1.11. The Morgan fingerprint density at radius 1 is 1.25 bits per heavy atom. The van der Waals surface area contributed by atoms with Crippen molar-refractivity contribution < 1.29 is 9.59 Å². The van der Waals surface area contributed by atoms with E-state index in [1.807, 2.05) is 6.07 Å². The van der Waals surface area contributed by atoms with Gasteiger partial charge in [-0.3, -0.25) is 14.9 Å². The van der Waals surface area contributed by atoms with Gasteiger partial charge in [-0.2, -0.15) is 0 Å². The zero-order valence-electron chi connectivity index (χ0n) is 11.1. The first kappa shape index (κ1) is 13.8. The van der Waals surface area contributed by atoms with Crippen LogP contribution in [0.15, 0.2) is 28.7 Å². The average Bonchev–Trinajstić information content (AvgIpc) is 2.35. The van der Waals surface area contributed by atoms with Crippen molar-refractivity contribution in [1.29, 1.82) is 0 Å². The van der Waals surface area contributed by atoms with E-state index in [2.05, 4.69) is 44.8 Å². The van der Waals surface area contributed by atoms with Gasteiger partial charge < -0.3 is 5.32 Å². The van der Waals surface area contributed by atoms with Gasteiger partial charge in [-0.1, -0.05) is 28.1 Å². The monoisotopic (exact) mass is 336 g/mol. The molecule has 1 saturated carbocycles. The Kier molecular flexibility index (Phi) is 3.89. The molecule has 3 rings (SSSR count). The fraction of sp³-hybridized carbons (Fsp3) is 0.467. The zero-order chi connectivity index (χ0) is 14.1. The summed E-state index contributed by atoms with van der Waals surface area (Å²) in [5.41, 5.74) is 1.35. The number of piperidine rings is 1. The molecule has 1 unspecified atom stereocenters. The second kappa shape index (κ2) is 5.66. The number of imide groups is 1. The van der Waals surface area contributed by atoms with Crippen molar-refractivity contribution in [3.05, 3.63) is 34.3 Å². The molecular weight excluding hydrogens is 320 g/mol. The minimum Gasteiger partial charge on any atom is -0.303 e.